The lowest BCUT2D eigenvalue weighted by Gasteiger charge is -2.09. The highest BCUT2D eigenvalue weighted by atomic mass is 35.5. The maximum Gasteiger partial charge on any atom is 0.322 e. The zero-order chi connectivity index (χ0) is 13.7. The van der Waals surface area contributed by atoms with Crippen molar-refractivity contribution in [3.63, 3.8) is 0 Å². The predicted molar refractivity (Wildman–Crippen MR) is 74.4 cm³/mol. The van der Waals surface area contributed by atoms with Crippen LogP contribution in [0.1, 0.15) is 19.4 Å². The molecule has 1 aromatic carbocycles. The largest absolute Gasteiger partial charge is 0.461 e. The second kappa shape index (κ2) is 6.33. The Hall–Kier alpha value is -1.88. The Bertz CT molecular complexity index is 533. The number of ether oxygens (including phenoxy) is 1. The molecule has 19 heavy (non-hydrogen) atoms. The van der Waals surface area contributed by atoms with Crippen molar-refractivity contribution in [3.8, 4) is 6.01 Å². The Morgan fingerprint density at radius 2 is 1.89 bits per heavy atom. The number of halogens is 1. The van der Waals surface area contributed by atoms with Gasteiger partial charge in [-0.15, -0.1) is 0 Å². The Balaban J connectivity index is 2.05. The van der Waals surface area contributed by atoms with Crippen molar-refractivity contribution in [2.45, 2.75) is 26.5 Å². The molecule has 0 saturated carbocycles. The van der Waals surface area contributed by atoms with Gasteiger partial charge in [-0.3, -0.25) is 0 Å². The van der Waals surface area contributed by atoms with E-state index in [-0.39, 0.29) is 17.4 Å². The first-order valence-electron chi connectivity index (χ1n) is 5.99. The Labute approximate surface area is 117 Å². The highest BCUT2D eigenvalue weighted by Crippen LogP contribution is 2.13. The van der Waals surface area contributed by atoms with Crippen molar-refractivity contribution in [2.75, 3.05) is 5.32 Å². The fraction of sp³-hybridized carbons (Fsp3) is 0.308. The summed E-state index contributed by atoms with van der Waals surface area (Å²) in [7, 11) is 0. The van der Waals surface area contributed by atoms with Gasteiger partial charge in [0.15, 0.2) is 0 Å². The Kier molecular flexibility index (Phi) is 4.52. The average molecular weight is 279 g/mol. The van der Waals surface area contributed by atoms with Crippen LogP contribution in [-0.4, -0.2) is 21.1 Å². The monoisotopic (exact) mass is 278 g/mol. The standard InChI is InChI=1S/C13H15ClN4O/c1-9(2)19-13-17-11(14)16-12(18-13)15-8-10-6-4-3-5-7-10/h3-7,9H,8H2,1-2H3,(H,15,16,17,18). The summed E-state index contributed by atoms with van der Waals surface area (Å²) < 4.78 is 5.40. The van der Waals surface area contributed by atoms with E-state index in [0.717, 1.165) is 5.56 Å². The molecule has 0 bridgehead atoms. The van der Waals surface area contributed by atoms with E-state index in [1.165, 1.54) is 0 Å². The Morgan fingerprint density at radius 1 is 1.16 bits per heavy atom. The maximum atomic E-state index is 5.83. The molecule has 0 spiro atoms. The topological polar surface area (TPSA) is 59.9 Å². The molecule has 1 aromatic heterocycles. The second-order valence-electron chi connectivity index (χ2n) is 4.22. The van der Waals surface area contributed by atoms with E-state index in [4.69, 9.17) is 16.3 Å². The van der Waals surface area contributed by atoms with Crippen molar-refractivity contribution in [1.29, 1.82) is 0 Å². The summed E-state index contributed by atoms with van der Waals surface area (Å²) >= 11 is 5.83. The van der Waals surface area contributed by atoms with Crippen LogP contribution in [0.15, 0.2) is 30.3 Å². The molecule has 0 aliphatic carbocycles. The van der Waals surface area contributed by atoms with Crippen LogP contribution in [0.2, 0.25) is 5.28 Å². The molecular weight excluding hydrogens is 264 g/mol. The lowest BCUT2D eigenvalue weighted by atomic mass is 10.2. The fourth-order valence-electron chi connectivity index (χ4n) is 1.45. The molecule has 1 N–H and O–H groups in total. The highest BCUT2D eigenvalue weighted by Gasteiger charge is 2.07. The number of hydrogen-bond donors (Lipinski definition) is 1. The third kappa shape index (κ3) is 4.37. The SMILES string of the molecule is CC(C)Oc1nc(Cl)nc(NCc2ccccc2)n1. The number of nitrogens with zero attached hydrogens (tertiary/aromatic N) is 3. The minimum absolute atomic E-state index is 0.0135. The van der Waals surface area contributed by atoms with Gasteiger partial charge in [0.05, 0.1) is 6.10 Å². The predicted octanol–water partition coefficient (Wildman–Crippen LogP) is 2.92. The van der Waals surface area contributed by atoms with Crippen molar-refractivity contribution >= 4 is 17.5 Å². The van der Waals surface area contributed by atoms with E-state index in [9.17, 15) is 0 Å². The minimum Gasteiger partial charge on any atom is -0.461 e. The van der Waals surface area contributed by atoms with E-state index >= 15 is 0 Å². The summed E-state index contributed by atoms with van der Waals surface area (Å²) in [5.41, 5.74) is 1.13. The van der Waals surface area contributed by atoms with Gasteiger partial charge in [0, 0.05) is 6.54 Å². The average Bonchev–Trinajstić information content (AvgIpc) is 2.36. The Morgan fingerprint density at radius 3 is 2.58 bits per heavy atom. The molecule has 0 saturated heterocycles. The molecule has 0 aliphatic rings. The number of aromatic nitrogens is 3. The van der Waals surface area contributed by atoms with Gasteiger partial charge < -0.3 is 10.1 Å². The minimum atomic E-state index is -0.0135. The number of hydrogen-bond acceptors (Lipinski definition) is 5. The first-order valence-corrected chi connectivity index (χ1v) is 6.37. The maximum absolute atomic E-state index is 5.83. The van der Waals surface area contributed by atoms with Gasteiger partial charge in [-0.25, -0.2) is 0 Å². The molecule has 2 aromatic rings. The number of anilines is 1. The van der Waals surface area contributed by atoms with Gasteiger partial charge in [-0.2, -0.15) is 15.0 Å². The third-order valence-electron chi connectivity index (χ3n) is 2.22. The number of rotatable bonds is 5. The van der Waals surface area contributed by atoms with E-state index in [2.05, 4.69) is 20.3 Å². The van der Waals surface area contributed by atoms with Gasteiger partial charge in [0.25, 0.3) is 0 Å². The zero-order valence-electron chi connectivity index (χ0n) is 10.8. The molecular formula is C13H15ClN4O. The molecule has 1 heterocycles. The summed E-state index contributed by atoms with van der Waals surface area (Å²) in [5.74, 6) is 0.402. The molecule has 0 radical (unpaired) electrons. The summed E-state index contributed by atoms with van der Waals surface area (Å²) in [6.07, 6.45) is -0.0135. The van der Waals surface area contributed by atoms with E-state index < -0.39 is 0 Å². The van der Waals surface area contributed by atoms with Gasteiger partial charge in [0.1, 0.15) is 0 Å². The molecule has 0 aliphatic heterocycles. The van der Waals surface area contributed by atoms with Gasteiger partial charge in [-0.05, 0) is 31.0 Å². The molecule has 0 unspecified atom stereocenters. The van der Waals surface area contributed by atoms with Crippen molar-refractivity contribution in [2.24, 2.45) is 0 Å². The van der Waals surface area contributed by atoms with Gasteiger partial charge in [0.2, 0.25) is 11.2 Å². The van der Waals surface area contributed by atoms with Crippen LogP contribution in [0.4, 0.5) is 5.95 Å². The third-order valence-corrected chi connectivity index (χ3v) is 2.39. The molecule has 0 fully saturated rings. The summed E-state index contributed by atoms with van der Waals surface area (Å²) in [5, 5.41) is 3.20. The fourth-order valence-corrected chi connectivity index (χ4v) is 1.60. The van der Waals surface area contributed by atoms with Crippen molar-refractivity contribution in [3.05, 3.63) is 41.2 Å². The summed E-state index contributed by atoms with van der Waals surface area (Å²) in [6, 6.07) is 10.2. The highest BCUT2D eigenvalue weighted by molar-refractivity contribution is 6.28. The summed E-state index contributed by atoms with van der Waals surface area (Å²) in [6.45, 7) is 4.41. The summed E-state index contributed by atoms with van der Waals surface area (Å²) in [4.78, 5) is 12.1. The van der Waals surface area contributed by atoms with Crippen LogP contribution in [0.5, 0.6) is 6.01 Å². The lowest BCUT2D eigenvalue weighted by Crippen LogP contribution is -2.11. The van der Waals surface area contributed by atoms with E-state index in [0.29, 0.717) is 12.5 Å². The zero-order valence-corrected chi connectivity index (χ0v) is 11.6. The lowest BCUT2D eigenvalue weighted by molar-refractivity contribution is 0.222. The van der Waals surface area contributed by atoms with Crippen LogP contribution in [-0.2, 0) is 6.54 Å². The van der Waals surface area contributed by atoms with E-state index in [1.54, 1.807) is 0 Å². The smallest absolute Gasteiger partial charge is 0.322 e. The molecule has 2 rings (SSSR count). The van der Waals surface area contributed by atoms with Crippen LogP contribution in [0, 0.1) is 0 Å². The van der Waals surface area contributed by atoms with Gasteiger partial charge in [-0.1, -0.05) is 30.3 Å². The molecule has 0 atom stereocenters. The van der Waals surface area contributed by atoms with Crippen molar-refractivity contribution < 1.29 is 4.74 Å². The molecule has 0 amide bonds. The first kappa shape index (κ1) is 13.5. The molecule has 5 nitrogen and oxygen atoms in total. The van der Waals surface area contributed by atoms with E-state index in [1.807, 2.05) is 44.2 Å². The van der Waals surface area contributed by atoms with Crippen LogP contribution < -0.4 is 10.1 Å². The van der Waals surface area contributed by atoms with Gasteiger partial charge >= 0.3 is 6.01 Å². The van der Waals surface area contributed by atoms with Crippen LogP contribution >= 0.6 is 11.6 Å². The molecule has 6 heteroatoms. The normalized spacial score (nSPS) is 10.5. The van der Waals surface area contributed by atoms with Crippen LogP contribution in [0.25, 0.3) is 0 Å². The quantitative estimate of drug-likeness (QED) is 0.911. The molecule has 100 valence electrons. The van der Waals surface area contributed by atoms with Crippen LogP contribution in [0.3, 0.4) is 0 Å². The number of nitrogens with one attached hydrogen (secondary N) is 1. The first-order chi connectivity index (χ1) is 9.13. The number of benzene rings is 1. The second-order valence-corrected chi connectivity index (χ2v) is 4.55. The van der Waals surface area contributed by atoms with Crippen molar-refractivity contribution in [1.82, 2.24) is 15.0 Å².